The molecule has 3 rings (SSSR count). The van der Waals surface area contributed by atoms with E-state index in [1.165, 1.54) is 0 Å². The normalized spacial score (nSPS) is 13.6. The first kappa shape index (κ1) is 18.3. The maximum absolute atomic E-state index is 12.0. The van der Waals surface area contributed by atoms with Crippen molar-refractivity contribution in [3.63, 3.8) is 0 Å². The molecule has 2 heterocycles. The largest absolute Gasteiger partial charge is 0.350 e. The summed E-state index contributed by atoms with van der Waals surface area (Å²) in [6.07, 6.45) is 2.46. The Morgan fingerprint density at radius 1 is 1.15 bits per heavy atom. The van der Waals surface area contributed by atoms with Crippen molar-refractivity contribution >= 4 is 23.2 Å². The van der Waals surface area contributed by atoms with Crippen molar-refractivity contribution in [3.8, 4) is 0 Å². The van der Waals surface area contributed by atoms with Crippen molar-refractivity contribution < 1.29 is 14.5 Å². The molecule has 1 aliphatic rings. The summed E-state index contributed by atoms with van der Waals surface area (Å²) in [6, 6.07) is 9.46. The molecule has 1 aromatic carbocycles. The first-order chi connectivity index (χ1) is 12.9. The zero-order valence-electron chi connectivity index (χ0n) is 14.5. The minimum absolute atomic E-state index is 0.110. The van der Waals surface area contributed by atoms with E-state index in [1.54, 1.807) is 4.90 Å². The van der Waals surface area contributed by atoms with E-state index in [-0.39, 0.29) is 24.7 Å². The first-order valence-corrected chi connectivity index (χ1v) is 8.45. The number of carbonyl (C=O) groups is 2. The zero-order valence-corrected chi connectivity index (χ0v) is 14.5. The van der Waals surface area contributed by atoms with Gasteiger partial charge in [-0.05, 0) is 24.1 Å². The average molecular weight is 370 g/mol. The Morgan fingerprint density at radius 2 is 1.89 bits per heavy atom. The zero-order chi connectivity index (χ0) is 19.4. The molecule has 0 unspecified atom stereocenters. The van der Waals surface area contributed by atoms with Gasteiger partial charge < -0.3 is 10.2 Å². The van der Waals surface area contributed by atoms with Crippen molar-refractivity contribution in [2.45, 2.75) is 25.9 Å². The van der Waals surface area contributed by atoms with Gasteiger partial charge in [0.15, 0.2) is 0 Å². The summed E-state index contributed by atoms with van der Waals surface area (Å²) in [7, 11) is 0. The van der Waals surface area contributed by atoms with Gasteiger partial charge >= 0.3 is 0 Å². The van der Waals surface area contributed by atoms with Gasteiger partial charge in [0.05, 0.1) is 11.1 Å². The Labute approximate surface area is 154 Å². The minimum Gasteiger partial charge on any atom is -0.350 e. The molecule has 0 bridgehead atoms. The van der Waals surface area contributed by atoms with E-state index in [2.05, 4.69) is 5.32 Å². The van der Waals surface area contributed by atoms with Gasteiger partial charge in [0.25, 0.3) is 11.2 Å². The van der Waals surface area contributed by atoms with E-state index in [0.717, 1.165) is 40.6 Å². The molecule has 2 amide bonds. The number of amides is 2. The van der Waals surface area contributed by atoms with Gasteiger partial charge in [-0.1, -0.05) is 12.1 Å². The average Bonchev–Trinajstić information content (AvgIpc) is 3.08. The molecule has 1 aromatic heterocycles. The number of hydrogen-bond donors (Lipinski definition) is 1. The number of aromatic nitrogens is 1. The number of benzene rings is 1. The van der Waals surface area contributed by atoms with Crippen LogP contribution in [0.3, 0.4) is 0 Å². The van der Waals surface area contributed by atoms with Crippen LogP contribution in [0.15, 0.2) is 47.4 Å². The molecule has 140 valence electrons. The van der Waals surface area contributed by atoms with E-state index < -0.39 is 16.4 Å². The second-order valence-electron chi connectivity index (χ2n) is 6.20. The molecule has 0 saturated carbocycles. The predicted octanol–water partition coefficient (Wildman–Crippen LogP) is 1.20. The van der Waals surface area contributed by atoms with Crippen LogP contribution >= 0.6 is 0 Å². The Kier molecular flexibility index (Phi) is 5.30. The molecule has 1 N–H and O–H groups in total. The molecule has 1 aliphatic heterocycles. The highest BCUT2D eigenvalue weighted by molar-refractivity contribution is 5.95. The number of pyridine rings is 1. The molecule has 0 atom stereocenters. The number of nitrogens with zero attached hydrogens (tertiary/aromatic N) is 3. The molecule has 0 aliphatic carbocycles. The first-order valence-electron chi connectivity index (χ1n) is 8.45. The number of rotatable bonds is 6. The summed E-state index contributed by atoms with van der Waals surface area (Å²) in [5.74, 6) is -0.324. The van der Waals surface area contributed by atoms with Gasteiger partial charge in [-0.15, -0.1) is 0 Å². The van der Waals surface area contributed by atoms with Crippen LogP contribution < -0.4 is 15.8 Å². The Bertz CT molecular complexity index is 936. The molecule has 0 spiro atoms. The van der Waals surface area contributed by atoms with Crippen molar-refractivity contribution in [3.05, 3.63) is 68.6 Å². The van der Waals surface area contributed by atoms with E-state index in [9.17, 15) is 24.5 Å². The summed E-state index contributed by atoms with van der Waals surface area (Å²) >= 11 is 0. The highest BCUT2D eigenvalue weighted by Gasteiger charge is 2.21. The Balaban J connectivity index is 1.58. The predicted molar refractivity (Wildman–Crippen MR) is 97.2 cm³/mol. The third-order valence-corrected chi connectivity index (χ3v) is 4.30. The van der Waals surface area contributed by atoms with E-state index in [4.69, 9.17) is 0 Å². The van der Waals surface area contributed by atoms with Gasteiger partial charge in [0.1, 0.15) is 6.54 Å². The minimum atomic E-state index is -0.624. The Morgan fingerprint density at radius 3 is 2.52 bits per heavy atom. The summed E-state index contributed by atoms with van der Waals surface area (Å²) in [5.41, 5.74) is 0.922. The smallest absolute Gasteiger partial charge is 0.285 e. The second-order valence-corrected chi connectivity index (χ2v) is 6.20. The van der Waals surface area contributed by atoms with Crippen LogP contribution in [0.5, 0.6) is 0 Å². The lowest BCUT2D eigenvalue weighted by molar-refractivity contribution is -0.385. The van der Waals surface area contributed by atoms with Gasteiger partial charge in [0.2, 0.25) is 11.8 Å². The fourth-order valence-corrected chi connectivity index (χ4v) is 2.88. The topological polar surface area (TPSA) is 115 Å². The number of nitrogens with one attached hydrogen (secondary N) is 1. The standard InChI is InChI=1S/C18H18N4O5/c23-16(12-20-11-15(22(26)27)7-8-17(20)24)19-10-13-3-5-14(6-4-13)21-9-1-2-18(21)25/h3-8,11H,1-2,9-10,12H2,(H,19,23). The fourth-order valence-electron chi connectivity index (χ4n) is 2.88. The van der Waals surface area contributed by atoms with Crippen molar-refractivity contribution in [1.82, 2.24) is 9.88 Å². The molecular formula is C18H18N4O5. The molecule has 9 nitrogen and oxygen atoms in total. The maximum Gasteiger partial charge on any atom is 0.285 e. The highest BCUT2D eigenvalue weighted by Crippen LogP contribution is 2.21. The van der Waals surface area contributed by atoms with Crippen molar-refractivity contribution in [2.75, 3.05) is 11.4 Å². The molecule has 9 heteroatoms. The van der Waals surface area contributed by atoms with Crippen LogP contribution in [0, 0.1) is 10.1 Å². The molecule has 27 heavy (non-hydrogen) atoms. The summed E-state index contributed by atoms with van der Waals surface area (Å²) in [5, 5.41) is 13.4. The Hall–Kier alpha value is -3.49. The van der Waals surface area contributed by atoms with Gasteiger partial charge in [-0.3, -0.25) is 29.1 Å². The highest BCUT2D eigenvalue weighted by atomic mass is 16.6. The molecule has 1 fully saturated rings. The van der Waals surface area contributed by atoms with Crippen molar-refractivity contribution in [1.29, 1.82) is 0 Å². The lowest BCUT2D eigenvalue weighted by Crippen LogP contribution is -2.31. The van der Waals surface area contributed by atoms with Crippen LogP contribution in [-0.4, -0.2) is 27.8 Å². The van der Waals surface area contributed by atoms with E-state index in [1.807, 2.05) is 24.3 Å². The lowest BCUT2D eigenvalue weighted by atomic mass is 10.2. The summed E-state index contributed by atoms with van der Waals surface area (Å²) < 4.78 is 0.996. The fraction of sp³-hybridized carbons (Fsp3) is 0.278. The maximum atomic E-state index is 12.0. The number of hydrogen-bond acceptors (Lipinski definition) is 5. The van der Waals surface area contributed by atoms with Crippen LogP contribution in [0.25, 0.3) is 0 Å². The molecular weight excluding hydrogens is 352 g/mol. The summed E-state index contributed by atoms with van der Waals surface area (Å²) in [6.45, 7) is 0.657. The van der Waals surface area contributed by atoms with Gasteiger partial charge in [0, 0.05) is 37.3 Å². The second kappa shape index (κ2) is 7.81. The summed E-state index contributed by atoms with van der Waals surface area (Å²) in [4.78, 5) is 47.4. The van der Waals surface area contributed by atoms with Crippen LogP contribution in [-0.2, 0) is 22.7 Å². The quantitative estimate of drug-likeness (QED) is 0.606. The van der Waals surface area contributed by atoms with E-state index >= 15 is 0 Å². The monoisotopic (exact) mass is 370 g/mol. The van der Waals surface area contributed by atoms with Crippen LogP contribution in [0.4, 0.5) is 11.4 Å². The van der Waals surface area contributed by atoms with Crippen molar-refractivity contribution in [2.24, 2.45) is 0 Å². The number of anilines is 1. The van der Waals surface area contributed by atoms with E-state index in [0.29, 0.717) is 13.0 Å². The SMILES string of the molecule is O=C(Cn1cc([N+](=O)[O-])ccc1=O)NCc1ccc(N2CCCC2=O)cc1. The third kappa shape index (κ3) is 4.38. The van der Waals surface area contributed by atoms with Crippen LogP contribution in [0.2, 0.25) is 0 Å². The van der Waals surface area contributed by atoms with Gasteiger partial charge in [-0.25, -0.2) is 0 Å². The third-order valence-electron chi connectivity index (χ3n) is 4.30. The van der Waals surface area contributed by atoms with Gasteiger partial charge in [-0.2, -0.15) is 0 Å². The molecule has 0 radical (unpaired) electrons. The molecule has 2 aromatic rings. The van der Waals surface area contributed by atoms with Crippen LogP contribution in [0.1, 0.15) is 18.4 Å². The molecule has 1 saturated heterocycles. The number of carbonyl (C=O) groups excluding carboxylic acids is 2. The lowest BCUT2D eigenvalue weighted by Gasteiger charge is -2.16. The number of nitro groups is 1.